The molecule has 1 aliphatic heterocycles. The highest BCUT2D eigenvalue weighted by molar-refractivity contribution is 6.22. The van der Waals surface area contributed by atoms with E-state index >= 15 is 0 Å². The molecule has 3 aromatic heterocycles. The number of hydrogen-bond acceptors (Lipinski definition) is 6. The van der Waals surface area contributed by atoms with Gasteiger partial charge in [0.25, 0.3) is 0 Å². The molecule has 0 amide bonds. The number of nitrogens with zero attached hydrogens (tertiary/aromatic N) is 3. The largest absolute Gasteiger partial charge is 0.479 e. The molecule has 6 heteroatoms. The van der Waals surface area contributed by atoms with E-state index in [1.54, 1.807) is 12.5 Å². The molecule has 0 spiro atoms. The zero-order valence-electron chi connectivity index (χ0n) is 22.5. The second-order valence-electron chi connectivity index (χ2n) is 10.2. The molecule has 7 aromatic rings. The van der Waals surface area contributed by atoms with Crippen molar-refractivity contribution < 1.29 is 9.15 Å². The van der Waals surface area contributed by atoms with Crippen LogP contribution in [0.4, 0.5) is 0 Å². The zero-order valence-corrected chi connectivity index (χ0v) is 22.5. The van der Waals surface area contributed by atoms with Crippen LogP contribution < -0.4 is 5.32 Å². The zero-order chi connectivity index (χ0) is 27.9. The Bertz CT molecular complexity index is 2120. The number of aromatic nitrogens is 3. The molecule has 0 unspecified atom stereocenters. The third kappa shape index (κ3) is 4.09. The van der Waals surface area contributed by atoms with Crippen LogP contribution in [0.5, 0.6) is 0 Å². The molecule has 0 fully saturated rings. The Hall–Kier alpha value is -5.75. The van der Waals surface area contributed by atoms with Crippen molar-refractivity contribution in [3.63, 3.8) is 0 Å². The van der Waals surface area contributed by atoms with Crippen molar-refractivity contribution in [1.29, 1.82) is 0 Å². The molecule has 1 aliphatic rings. The predicted octanol–water partition coefficient (Wildman–Crippen LogP) is 8.31. The number of hydrogen-bond donors (Lipinski definition) is 1. The lowest BCUT2D eigenvalue weighted by atomic mass is 9.85. The van der Waals surface area contributed by atoms with Gasteiger partial charge in [0.2, 0.25) is 0 Å². The highest BCUT2D eigenvalue weighted by Crippen LogP contribution is 2.45. The van der Waals surface area contributed by atoms with E-state index in [1.165, 1.54) is 12.0 Å². The van der Waals surface area contributed by atoms with E-state index < -0.39 is 0 Å². The molecule has 0 saturated heterocycles. The van der Waals surface area contributed by atoms with Crippen molar-refractivity contribution in [3.8, 4) is 44.8 Å². The lowest BCUT2D eigenvalue weighted by molar-refractivity contribution is 0.267. The molecule has 0 saturated carbocycles. The normalized spacial score (nSPS) is 12.7. The van der Waals surface area contributed by atoms with Gasteiger partial charge in [-0.15, -0.1) is 0 Å². The van der Waals surface area contributed by atoms with Crippen molar-refractivity contribution in [2.75, 3.05) is 6.73 Å². The fourth-order valence-corrected chi connectivity index (χ4v) is 5.85. The van der Waals surface area contributed by atoms with E-state index in [2.05, 4.69) is 111 Å². The molecule has 0 bridgehead atoms. The van der Waals surface area contributed by atoms with Gasteiger partial charge in [0.15, 0.2) is 13.1 Å². The van der Waals surface area contributed by atoms with Gasteiger partial charge in [0.1, 0.15) is 18.2 Å². The summed E-state index contributed by atoms with van der Waals surface area (Å²) in [5.74, 6) is 0. The van der Waals surface area contributed by atoms with Gasteiger partial charge in [0.05, 0.1) is 17.1 Å². The van der Waals surface area contributed by atoms with Crippen molar-refractivity contribution in [3.05, 3.63) is 134 Å². The second-order valence-corrected chi connectivity index (χ2v) is 10.2. The van der Waals surface area contributed by atoms with E-state index in [-0.39, 0.29) is 0 Å². The minimum Gasteiger partial charge on any atom is -0.479 e. The fourth-order valence-electron chi connectivity index (χ4n) is 5.85. The van der Waals surface area contributed by atoms with Crippen molar-refractivity contribution in [2.24, 2.45) is 0 Å². The average Bonchev–Trinajstić information content (AvgIpc) is 3.80. The minimum atomic E-state index is 0.451. The van der Waals surface area contributed by atoms with E-state index in [4.69, 9.17) is 9.15 Å². The number of fused-ring (bicyclic) bond motifs is 2. The third-order valence-corrected chi connectivity index (χ3v) is 7.75. The van der Waals surface area contributed by atoms with E-state index in [1.807, 2.05) is 18.5 Å². The second kappa shape index (κ2) is 10.0. The minimum absolute atomic E-state index is 0.451. The Labute approximate surface area is 242 Å². The van der Waals surface area contributed by atoms with Gasteiger partial charge in [0, 0.05) is 12.4 Å². The van der Waals surface area contributed by atoms with Crippen LogP contribution in [-0.2, 0) is 4.74 Å². The van der Waals surface area contributed by atoms with Crippen LogP contribution in [0.2, 0.25) is 0 Å². The first-order chi connectivity index (χ1) is 20.8. The molecule has 6 nitrogen and oxygen atoms in total. The molecular weight excluding hydrogens is 520 g/mol. The van der Waals surface area contributed by atoms with Crippen LogP contribution in [0, 0.1) is 0 Å². The van der Waals surface area contributed by atoms with Gasteiger partial charge < -0.3 is 14.5 Å². The summed E-state index contributed by atoms with van der Waals surface area (Å²) in [4.78, 5) is 13.6. The first-order valence-electron chi connectivity index (χ1n) is 13.7. The highest BCUT2D eigenvalue weighted by atomic mass is 16.5. The molecule has 8 rings (SSSR count). The highest BCUT2D eigenvalue weighted by Gasteiger charge is 2.19. The third-order valence-electron chi connectivity index (χ3n) is 7.75. The standard InChI is InChI=1S/C36H24N4O2/c1-2-6-23(7-3-1)24-10-11-29-30(16-24)36(26-13-15-38-32(18-26)34-20-42-22-40-34)28-9-5-4-8-27(28)35(29)25-12-14-37-31(17-25)33-19-41-21-39-33/h1-20,22,39H,21H2. The summed E-state index contributed by atoms with van der Waals surface area (Å²) in [6.45, 7) is 0.451. The number of nitrogens with one attached hydrogen (secondary N) is 1. The molecule has 200 valence electrons. The van der Waals surface area contributed by atoms with Crippen molar-refractivity contribution in [2.45, 2.75) is 0 Å². The number of benzene rings is 4. The maximum absolute atomic E-state index is 5.43. The van der Waals surface area contributed by atoms with Gasteiger partial charge in [-0.1, -0.05) is 66.7 Å². The number of ether oxygens (including phenoxy) is 1. The van der Waals surface area contributed by atoms with Gasteiger partial charge in [-0.05, 0) is 85.3 Å². The Morgan fingerprint density at radius 2 is 1.24 bits per heavy atom. The average molecular weight is 545 g/mol. The van der Waals surface area contributed by atoms with Crippen LogP contribution in [-0.4, -0.2) is 21.7 Å². The lowest BCUT2D eigenvalue weighted by Crippen LogP contribution is -2.08. The quantitative estimate of drug-likeness (QED) is 0.220. The SMILES string of the molecule is C1=C(c2cc(-c3c4ccccc4c(-c4ccnc(-c5cocn5)c4)c4cc(-c5ccccc5)ccc34)ccn2)NCO1. The summed E-state index contributed by atoms with van der Waals surface area (Å²) in [6, 6.07) is 34.3. The summed E-state index contributed by atoms with van der Waals surface area (Å²) in [7, 11) is 0. The summed E-state index contributed by atoms with van der Waals surface area (Å²) >= 11 is 0. The predicted molar refractivity (Wildman–Crippen MR) is 166 cm³/mol. The van der Waals surface area contributed by atoms with Gasteiger partial charge in [-0.3, -0.25) is 9.97 Å². The summed E-state index contributed by atoms with van der Waals surface area (Å²) in [5.41, 5.74) is 9.99. The lowest BCUT2D eigenvalue weighted by Gasteiger charge is -2.19. The number of oxazole rings is 1. The maximum atomic E-state index is 5.43. The summed E-state index contributed by atoms with van der Waals surface area (Å²) in [6.07, 6.45) is 8.49. The van der Waals surface area contributed by atoms with Crippen molar-refractivity contribution in [1.82, 2.24) is 20.3 Å². The molecule has 0 radical (unpaired) electrons. The molecular formula is C36H24N4O2. The Morgan fingerprint density at radius 1 is 0.548 bits per heavy atom. The van der Waals surface area contributed by atoms with Gasteiger partial charge >= 0.3 is 0 Å². The van der Waals surface area contributed by atoms with Crippen LogP contribution >= 0.6 is 0 Å². The van der Waals surface area contributed by atoms with E-state index in [9.17, 15) is 0 Å². The maximum Gasteiger partial charge on any atom is 0.181 e. The van der Waals surface area contributed by atoms with Crippen LogP contribution in [0.25, 0.3) is 72.0 Å². The molecule has 42 heavy (non-hydrogen) atoms. The van der Waals surface area contributed by atoms with E-state index in [0.717, 1.165) is 66.4 Å². The van der Waals surface area contributed by atoms with Crippen molar-refractivity contribution >= 4 is 27.2 Å². The Balaban J connectivity index is 1.45. The summed E-state index contributed by atoms with van der Waals surface area (Å²) < 4.78 is 10.7. The topological polar surface area (TPSA) is 73.1 Å². The first kappa shape index (κ1) is 24.1. The molecule has 0 atom stereocenters. The monoisotopic (exact) mass is 544 g/mol. The molecule has 4 aromatic carbocycles. The smallest absolute Gasteiger partial charge is 0.181 e. The Morgan fingerprint density at radius 3 is 1.95 bits per heavy atom. The first-order valence-corrected chi connectivity index (χ1v) is 13.7. The number of rotatable bonds is 5. The molecule has 1 N–H and O–H groups in total. The number of pyridine rings is 2. The van der Waals surface area contributed by atoms with Crippen LogP contribution in [0.15, 0.2) is 133 Å². The molecule has 0 aliphatic carbocycles. The fraction of sp³-hybridized carbons (Fsp3) is 0.0278. The van der Waals surface area contributed by atoms with Gasteiger partial charge in [-0.25, -0.2) is 4.98 Å². The summed E-state index contributed by atoms with van der Waals surface area (Å²) in [5, 5.41) is 7.89. The van der Waals surface area contributed by atoms with Gasteiger partial charge in [-0.2, -0.15) is 0 Å². The Kier molecular flexibility index (Phi) is 5.74. The molecule has 4 heterocycles. The van der Waals surface area contributed by atoms with Crippen LogP contribution in [0.3, 0.4) is 0 Å². The van der Waals surface area contributed by atoms with E-state index in [0.29, 0.717) is 12.4 Å². The van der Waals surface area contributed by atoms with Crippen LogP contribution in [0.1, 0.15) is 5.69 Å².